The smallest absolute Gasteiger partial charge is 0.318 e. The number of para-hydroxylation sites is 1. The molecular weight excluding hydrogens is 662 g/mol. The molecule has 10 nitrogen and oxygen atoms in total. The van der Waals surface area contributed by atoms with E-state index in [4.69, 9.17) is 16.3 Å². The van der Waals surface area contributed by atoms with Gasteiger partial charge in [0.2, 0.25) is 5.91 Å². The van der Waals surface area contributed by atoms with Gasteiger partial charge in [-0.1, -0.05) is 36.7 Å². The number of H-pyrrole nitrogens is 1. The molecule has 0 spiro atoms. The van der Waals surface area contributed by atoms with Gasteiger partial charge >= 0.3 is 6.03 Å². The lowest BCUT2D eigenvalue weighted by molar-refractivity contribution is -0.121. The van der Waals surface area contributed by atoms with E-state index in [1.54, 1.807) is 17.0 Å². The van der Waals surface area contributed by atoms with Crippen LogP contribution in [0.3, 0.4) is 0 Å². The summed E-state index contributed by atoms with van der Waals surface area (Å²) in [7, 11) is 0.773. The van der Waals surface area contributed by atoms with Gasteiger partial charge in [0.25, 0.3) is 0 Å². The van der Waals surface area contributed by atoms with E-state index in [1.807, 2.05) is 74.6 Å². The number of sulfone groups is 1. The second-order valence-corrected chi connectivity index (χ2v) is 16.1. The number of fused-ring (bicyclic) bond motifs is 2. The zero-order chi connectivity index (χ0) is 34.9. The number of benzene rings is 3. The first-order chi connectivity index (χ1) is 23.4. The number of ether oxygens (including phenoxy) is 1. The number of carbonyl (C=O) groups excluding carboxylic acids is 2. The van der Waals surface area contributed by atoms with Crippen LogP contribution in [0.25, 0.3) is 10.9 Å². The third-order valence-corrected chi connectivity index (χ3v) is 11.0. The quantitative estimate of drug-likeness (QED) is 0.230. The molecule has 0 radical (unpaired) electrons. The van der Waals surface area contributed by atoms with Crippen LogP contribution in [0.15, 0.2) is 77.8 Å². The summed E-state index contributed by atoms with van der Waals surface area (Å²) < 4.78 is 29.8. The summed E-state index contributed by atoms with van der Waals surface area (Å²) in [6.07, 6.45) is 5.00. The number of likely N-dealkylation sites (tertiary alicyclic amines) is 1. The van der Waals surface area contributed by atoms with E-state index >= 15 is 0 Å². The van der Waals surface area contributed by atoms with Crippen LogP contribution in [0.4, 0.5) is 10.5 Å². The van der Waals surface area contributed by atoms with Gasteiger partial charge in [-0.25, -0.2) is 13.2 Å². The number of amides is 3. The Labute approximate surface area is 293 Å². The van der Waals surface area contributed by atoms with Crippen LogP contribution in [0.2, 0.25) is 5.02 Å². The van der Waals surface area contributed by atoms with E-state index in [1.165, 1.54) is 18.4 Å². The number of hydrogen-bond acceptors (Lipinski definition) is 6. The van der Waals surface area contributed by atoms with Crippen LogP contribution >= 0.6 is 11.6 Å². The molecule has 3 atom stereocenters. The van der Waals surface area contributed by atoms with E-state index in [0.29, 0.717) is 43.2 Å². The Bertz CT molecular complexity index is 1920. The molecule has 2 N–H and O–H groups in total. The molecule has 1 fully saturated rings. The number of aromatic nitrogens is 1. The number of aromatic amines is 1. The van der Waals surface area contributed by atoms with Crippen LogP contribution in [-0.2, 0) is 21.1 Å². The second-order valence-electron chi connectivity index (χ2n) is 13.6. The van der Waals surface area contributed by atoms with Gasteiger partial charge in [0.1, 0.15) is 17.9 Å². The second kappa shape index (κ2) is 14.4. The minimum Gasteiger partial charge on any atom is -0.490 e. The normalized spacial score (nSPS) is 18.3. The number of carbonyl (C=O) groups is 2. The van der Waals surface area contributed by atoms with Crippen molar-refractivity contribution in [1.29, 1.82) is 0 Å². The predicted octanol–water partition coefficient (Wildman–Crippen LogP) is 5.72. The van der Waals surface area contributed by atoms with Gasteiger partial charge in [-0.2, -0.15) is 0 Å². The molecule has 260 valence electrons. The Morgan fingerprint density at radius 2 is 1.78 bits per heavy atom. The van der Waals surface area contributed by atoms with Crippen molar-refractivity contribution in [3.05, 3.63) is 89.1 Å². The molecule has 2 aliphatic rings. The lowest BCUT2D eigenvalue weighted by Gasteiger charge is -2.39. The molecule has 0 aliphatic carbocycles. The van der Waals surface area contributed by atoms with Crippen LogP contribution in [0.5, 0.6) is 5.75 Å². The standard InChI is InChI=1S/C37H44ClN5O5S/c1-24(32-21-39-33-8-6-5-7-31(32)33)35(36(44)43-23-25(22-41(2)3)19-26-20-27(38)9-14-34(26)43)40-37(45)42-17-15-29(16-18-42)48-28-10-12-30(13-11-28)49(4,46)47/h5-14,20-21,24-25,29,35,39H,15-19,22-23H2,1-4H3,(H,40,45)/t24-,25+,35+/m0/s1. The van der Waals surface area contributed by atoms with Gasteiger partial charge < -0.3 is 29.7 Å². The third kappa shape index (κ3) is 7.90. The van der Waals surface area contributed by atoms with Crippen LogP contribution in [-0.4, -0.2) is 93.8 Å². The number of urea groups is 1. The maximum absolute atomic E-state index is 14.8. The number of halogens is 1. The van der Waals surface area contributed by atoms with Gasteiger partial charge in [-0.15, -0.1) is 0 Å². The molecule has 3 amide bonds. The summed E-state index contributed by atoms with van der Waals surface area (Å²) >= 11 is 6.42. The summed E-state index contributed by atoms with van der Waals surface area (Å²) in [5.74, 6) is 0.290. The number of hydrogen-bond donors (Lipinski definition) is 2. The largest absolute Gasteiger partial charge is 0.490 e. The summed E-state index contributed by atoms with van der Waals surface area (Å²) in [6, 6.07) is 18.9. The highest BCUT2D eigenvalue weighted by molar-refractivity contribution is 7.90. The Kier molecular flexibility index (Phi) is 10.2. The van der Waals surface area contributed by atoms with Gasteiger partial charge in [-0.3, -0.25) is 4.79 Å². The molecule has 1 saturated heterocycles. The van der Waals surface area contributed by atoms with E-state index in [0.717, 1.165) is 40.7 Å². The first-order valence-electron chi connectivity index (χ1n) is 16.7. The molecule has 2 aliphatic heterocycles. The molecule has 49 heavy (non-hydrogen) atoms. The van der Waals surface area contributed by atoms with Crippen molar-refractivity contribution >= 4 is 50.0 Å². The van der Waals surface area contributed by atoms with Crippen molar-refractivity contribution in [3.8, 4) is 5.75 Å². The summed E-state index contributed by atoms with van der Waals surface area (Å²) in [4.78, 5) is 38.0. The van der Waals surface area contributed by atoms with Crippen molar-refractivity contribution in [3.63, 3.8) is 0 Å². The van der Waals surface area contributed by atoms with E-state index < -0.39 is 15.9 Å². The minimum atomic E-state index is -3.29. The Balaban J connectivity index is 1.22. The maximum Gasteiger partial charge on any atom is 0.318 e. The third-order valence-electron chi connectivity index (χ3n) is 9.61. The topological polar surface area (TPSA) is 115 Å². The highest BCUT2D eigenvalue weighted by Crippen LogP contribution is 2.35. The minimum absolute atomic E-state index is 0.124. The molecule has 6 rings (SSSR count). The monoisotopic (exact) mass is 705 g/mol. The van der Waals surface area contributed by atoms with Crippen molar-refractivity contribution in [1.82, 2.24) is 20.1 Å². The average Bonchev–Trinajstić information content (AvgIpc) is 3.50. The first kappa shape index (κ1) is 34.8. The van der Waals surface area contributed by atoms with Crippen LogP contribution in [0, 0.1) is 5.92 Å². The fourth-order valence-electron chi connectivity index (χ4n) is 7.14. The number of nitrogens with zero attached hydrogens (tertiary/aromatic N) is 3. The van der Waals surface area contributed by atoms with Gasteiger partial charge in [-0.05, 0) is 86.1 Å². The predicted molar refractivity (Wildman–Crippen MR) is 193 cm³/mol. The summed E-state index contributed by atoms with van der Waals surface area (Å²) in [5.41, 5.74) is 3.79. The fraction of sp³-hybridized carbons (Fsp3) is 0.405. The van der Waals surface area contributed by atoms with Crippen molar-refractivity contribution in [2.45, 2.75) is 49.1 Å². The number of nitrogens with one attached hydrogen (secondary N) is 2. The Morgan fingerprint density at radius 3 is 2.47 bits per heavy atom. The maximum atomic E-state index is 14.8. The lowest BCUT2D eigenvalue weighted by Crippen LogP contribution is -2.57. The molecule has 12 heteroatoms. The number of piperidine rings is 1. The van der Waals surface area contributed by atoms with Gasteiger partial charge in [0.05, 0.1) is 4.90 Å². The zero-order valence-corrected chi connectivity index (χ0v) is 29.9. The lowest BCUT2D eigenvalue weighted by atomic mass is 9.88. The summed E-state index contributed by atoms with van der Waals surface area (Å²) in [5, 5.41) is 4.81. The van der Waals surface area contributed by atoms with Crippen molar-refractivity contribution in [2.24, 2.45) is 5.92 Å². The fourth-order valence-corrected chi connectivity index (χ4v) is 7.96. The molecule has 0 saturated carbocycles. The SMILES string of the molecule is C[C@@H](c1c[nH]c2ccccc12)[C@@H](NC(=O)N1CCC(Oc2ccc(S(C)(=O)=O)cc2)CC1)C(=O)N1C[C@@H](CN(C)C)Cc2cc(Cl)ccc21. The molecule has 3 aromatic carbocycles. The highest BCUT2D eigenvalue weighted by atomic mass is 35.5. The number of anilines is 1. The molecule has 3 heterocycles. The number of rotatable bonds is 9. The Hall–Kier alpha value is -4.06. The zero-order valence-electron chi connectivity index (χ0n) is 28.4. The van der Waals surface area contributed by atoms with Crippen molar-refractivity contribution in [2.75, 3.05) is 51.4 Å². The Morgan fingerprint density at radius 1 is 1.06 bits per heavy atom. The van der Waals surface area contributed by atoms with E-state index in [9.17, 15) is 18.0 Å². The first-order valence-corrected chi connectivity index (χ1v) is 19.0. The van der Waals surface area contributed by atoms with Crippen molar-refractivity contribution < 1.29 is 22.7 Å². The molecule has 1 aromatic heterocycles. The molecular formula is C37H44ClN5O5S. The van der Waals surface area contributed by atoms with E-state index in [-0.39, 0.29) is 34.8 Å². The summed E-state index contributed by atoms with van der Waals surface area (Å²) in [6.45, 7) is 4.25. The average molecular weight is 706 g/mol. The molecule has 4 aromatic rings. The van der Waals surface area contributed by atoms with Crippen LogP contribution in [0.1, 0.15) is 36.8 Å². The van der Waals surface area contributed by atoms with Crippen LogP contribution < -0.4 is 15.0 Å². The van der Waals surface area contributed by atoms with E-state index in [2.05, 4.69) is 15.2 Å². The van der Waals surface area contributed by atoms with Gasteiger partial charge in [0, 0.05) is 79.0 Å². The van der Waals surface area contributed by atoms with Gasteiger partial charge in [0.15, 0.2) is 9.84 Å². The highest BCUT2D eigenvalue weighted by Gasteiger charge is 2.38. The molecule has 0 bridgehead atoms. The molecule has 0 unspecified atom stereocenters.